The molecular weight excluding hydrogens is 308 g/mol. The second-order valence-corrected chi connectivity index (χ2v) is 4.94. The van der Waals surface area contributed by atoms with Crippen LogP contribution in [0.5, 0.6) is 5.75 Å². The van der Waals surface area contributed by atoms with Crippen molar-refractivity contribution in [3.05, 3.63) is 41.7 Å². The van der Waals surface area contributed by atoms with Crippen molar-refractivity contribution >= 4 is 35.1 Å². The van der Waals surface area contributed by atoms with Gasteiger partial charge in [-0.1, -0.05) is 11.6 Å². The summed E-state index contributed by atoms with van der Waals surface area (Å²) in [5, 5.41) is 2.98. The number of fused-ring (bicyclic) bond motifs is 1. The number of amides is 2. The van der Waals surface area contributed by atoms with Crippen LogP contribution in [0.15, 0.2) is 36.7 Å². The van der Waals surface area contributed by atoms with Crippen molar-refractivity contribution in [1.29, 1.82) is 0 Å². The molecule has 22 heavy (non-hydrogen) atoms. The quantitative estimate of drug-likeness (QED) is 0.927. The third-order valence-corrected chi connectivity index (χ3v) is 3.22. The zero-order valence-electron chi connectivity index (χ0n) is 11.3. The molecular formula is C14H11ClN4O3. The van der Waals surface area contributed by atoms with E-state index < -0.39 is 5.91 Å². The van der Waals surface area contributed by atoms with Crippen LogP contribution in [0.25, 0.3) is 0 Å². The van der Waals surface area contributed by atoms with E-state index in [1.54, 1.807) is 24.3 Å². The molecule has 0 aliphatic carbocycles. The molecule has 2 aromatic rings. The molecule has 0 radical (unpaired) electrons. The number of benzene rings is 1. The molecule has 1 aromatic heterocycles. The molecule has 0 fully saturated rings. The number of hydrogen-bond acceptors (Lipinski definition) is 5. The molecule has 0 bridgehead atoms. The Labute approximate surface area is 130 Å². The number of halogens is 1. The van der Waals surface area contributed by atoms with Crippen LogP contribution in [0.3, 0.4) is 0 Å². The molecule has 0 spiro atoms. The summed E-state index contributed by atoms with van der Waals surface area (Å²) in [6.45, 7) is -0.294. The Morgan fingerprint density at radius 1 is 1.36 bits per heavy atom. The Morgan fingerprint density at radius 3 is 2.91 bits per heavy atom. The maximum atomic E-state index is 12.1. The van der Waals surface area contributed by atoms with Gasteiger partial charge in [0.15, 0.2) is 6.61 Å². The first kappa shape index (κ1) is 14.3. The van der Waals surface area contributed by atoms with Gasteiger partial charge in [0, 0.05) is 17.4 Å². The molecule has 0 atom stereocenters. The van der Waals surface area contributed by atoms with Gasteiger partial charge in [-0.15, -0.1) is 0 Å². The van der Waals surface area contributed by atoms with Crippen LogP contribution < -0.4 is 15.0 Å². The number of rotatable bonds is 3. The molecule has 7 nitrogen and oxygen atoms in total. The monoisotopic (exact) mass is 318 g/mol. The Morgan fingerprint density at radius 2 is 2.14 bits per heavy atom. The number of carbonyl (C=O) groups excluding carboxylic acids is 2. The van der Waals surface area contributed by atoms with Crippen LogP contribution in [0, 0.1) is 0 Å². The largest absolute Gasteiger partial charge is 0.482 e. The first-order valence-electron chi connectivity index (χ1n) is 6.43. The molecule has 1 aliphatic heterocycles. The lowest BCUT2D eigenvalue weighted by molar-refractivity contribution is -0.123. The molecule has 1 N–H and O–H groups in total. The van der Waals surface area contributed by atoms with E-state index in [9.17, 15) is 9.59 Å². The normalized spacial score (nSPS) is 13.3. The third-order valence-electron chi connectivity index (χ3n) is 2.98. The zero-order chi connectivity index (χ0) is 15.5. The summed E-state index contributed by atoms with van der Waals surface area (Å²) in [5.74, 6) is -0.0430. The van der Waals surface area contributed by atoms with Crippen LogP contribution in [0.4, 0.5) is 11.6 Å². The van der Waals surface area contributed by atoms with Crippen molar-refractivity contribution in [2.75, 3.05) is 23.4 Å². The minimum atomic E-state index is -0.410. The summed E-state index contributed by atoms with van der Waals surface area (Å²) in [5.41, 5.74) is 0.466. The van der Waals surface area contributed by atoms with Crippen LogP contribution in [0.1, 0.15) is 0 Å². The fourth-order valence-electron chi connectivity index (χ4n) is 2.02. The van der Waals surface area contributed by atoms with Crippen molar-refractivity contribution in [3.63, 3.8) is 0 Å². The van der Waals surface area contributed by atoms with E-state index >= 15 is 0 Å². The highest BCUT2D eigenvalue weighted by Crippen LogP contribution is 2.34. The zero-order valence-corrected chi connectivity index (χ0v) is 12.1. The molecule has 2 heterocycles. The molecule has 0 unspecified atom stereocenters. The van der Waals surface area contributed by atoms with Crippen LogP contribution in [0.2, 0.25) is 5.02 Å². The summed E-state index contributed by atoms with van der Waals surface area (Å²) in [6.07, 6.45) is 3.02. The Hall–Kier alpha value is -2.67. The standard InChI is InChI=1S/C14H11ClN4O3/c15-9-2-3-11-10(6-9)19(13(21)8-22-11)7-12(20)18-14-16-4-1-5-17-14/h1-6H,7-8H2,(H,16,17,18,20). The van der Waals surface area contributed by atoms with Crippen LogP contribution in [-0.2, 0) is 9.59 Å². The maximum absolute atomic E-state index is 12.1. The van der Waals surface area contributed by atoms with E-state index in [1.807, 2.05) is 0 Å². The van der Waals surface area contributed by atoms with Crippen molar-refractivity contribution in [1.82, 2.24) is 9.97 Å². The Kier molecular flexibility index (Phi) is 3.88. The van der Waals surface area contributed by atoms with Gasteiger partial charge in [0.1, 0.15) is 12.3 Å². The summed E-state index contributed by atoms with van der Waals surface area (Å²) >= 11 is 5.94. The van der Waals surface area contributed by atoms with Gasteiger partial charge in [0.2, 0.25) is 11.9 Å². The van der Waals surface area contributed by atoms with Crippen molar-refractivity contribution in [3.8, 4) is 5.75 Å². The summed E-state index contributed by atoms with van der Waals surface area (Å²) in [4.78, 5) is 33.2. The van der Waals surface area contributed by atoms with Gasteiger partial charge in [-0.3, -0.25) is 19.8 Å². The van der Waals surface area contributed by atoms with Gasteiger partial charge in [-0.2, -0.15) is 0 Å². The lowest BCUT2D eigenvalue weighted by Gasteiger charge is -2.28. The van der Waals surface area contributed by atoms with Gasteiger partial charge in [0.25, 0.3) is 5.91 Å². The topological polar surface area (TPSA) is 84.4 Å². The molecule has 0 saturated heterocycles. The van der Waals surface area contributed by atoms with E-state index in [4.69, 9.17) is 16.3 Å². The van der Waals surface area contributed by atoms with E-state index in [2.05, 4.69) is 15.3 Å². The number of nitrogens with zero attached hydrogens (tertiary/aromatic N) is 3. The lowest BCUT2D eigenvalue weighted by Crippen LogP contribution is -2.43. The predicted molar refractivity (Wildman–Crippen MR) is 80.0 cm³/mol. The highest BCUT2D eigenvalue weighted by molar-refractivity contribution is 6.31. The predicted octanol–water partition coefficient (Wildman–Crippen LogP) is 1.49. The molecule has 0 saturated carbocycles. The Bertz CT molecular complexity index is 723. The minimum Gasteiger partial charge on any atom is -0.482 e. The number of carbonyl (C=O) groups is 2. The van der Waals surface area contributed by atoms with Gasteiger partial charge >= 0.3 is 0 Å². The van der Waals surface area contributed by atoms with E-state index in [0.717, 1.165) is 0 Å². The first-order valence-corrected chi connectivity index (χ1v) is 6.81. The number of nitrogens with one attached hydrogen (secondary N) is 1. The number of anilines is 2. The van der Waals surface area contributed by atoms with Crippen molar-refractivity contribution in [2.45, 2.75) is 0 Å². The fraction of sp³-hybridized carbons (Fsp3) is 0.143. The number of ether oxygens (including phenoxy) is 1. The maximum Gasteiger partial charge on any atom is 0.265 e. The van der Waals surface area contributed by atoms with Gasteiger partial charge in [-0.25, -0.2) is 9.97 Å². The average Bonchev–Trinajstić information content (AvgIpc) is 2.51. The second-order valence-electron chi connectivity index (χ2n) is 4.50. The van der Waals surface area contributed by atoms with Crippen molar-refractivity contribution < 1.29 is 14.3 Å². The van der Waals surface area contributed by atoms with E-state index in [0.29, 0.717) is 16.5 Å². The van der Waals surface area contributed by atoms with Crippen molar-refractivity contribution in [2.24, 2.45) is 0 Å². The number of hydrogen-bond donors (Lipinski definition) is 1. The highest BCUT2D eigenvalue weighted by Gasteiger charge is 2.27. The number of aromatic nitrogens is 2. The highest BCUT2D eigenvalue weighted by atomic mass is 35.5. The van der Waals surface area contributed by atoms with Gasteiger partial charge in [0.05, 0.1) is 5.69 Å². The molecule has 1 aromatic carbocycles. The summed E-state index contributed by atoms with van der Waals surface area (Å²) in [7, 11) is 0. The average molecular weight is 319 g/mol. The Balaban J connectivity index is 1.78. The summed E-state index contributed by atoms with van der Waals surface area (Å²) in [6, 6.07) is 6.54. The van der Waals surface area contributed by atoms with Crippen LogP contribution >= 0.6 is 11.6 Å². The third kappa shape index (κ3) is 2.99. The summed E-state index contributed by atoms with van der Waals surface area (Å²) < 4.78 is 5.31. The molecule has 112 valence electrons. The van der Waals surface area contributed by atoms with Gasteiger partial charge in [-0.05, 0) is 24.3 Å². The van der Waals surface area contributed by atoms with E-state index in [1.165, 1.54) is 17.3 Å². The molecule has 8 heteroatoms. The second kappa shape index (κ2) is 5.98. The lowest BCUT2D eigenvalue weighted by atomic mass is 10.2. The molecule has 2 amide bonds. The fourth-order valence-corrected chi connectivity index (χ4v) is 2.19. The van der Waals surface area contributed by atoms with Gasteiger partial charge < -0.3 is 4.74 Å². The van der Waals surface area contributed by atoms with E-state index in [-0.39, 0.29) is 25.0 Å². The SMILES string of the molecule is O=C(CN1C(=O)COc2ccc(Cl)cc21)Nc1ncccn1. The van der Waals surface area contributed by atoms with Crippen LogP contribution in [-0.4, -0.2) is 34.9 Å². The minimum absolute atomic E-state index is 0.121. The first-order chi connectivity index (χ1) is 10.6. The molecule has 1 aliphatic rings. The molecule has 3 rings (SSSR count). The smallest absolute Gasteiger partial charge is 0.265 e.